The number of unbranched alkanes of at least 4 members (excludes halogenated alkanes) is 1. The summed E-state index contributed by atoms with van der Waals surface area (Å²) in [7, 11) is 0. The maximum Gasteiger partial charge on any atom is 0.119 e. The van der Waals surface area contributed by atoms with Crippen LogP contribution < -0.4 is 0 Å². The second-order valence-electron chi connectivity index (χ2n) is 2.54. The molecule has 1 nitrogen and oxygen atoms in total. The van der Waals surface area contributed by atoms with Crippen molar-refractivity contribution in [1.82, 2.24) is 0 Å². The van der Waals surface area contributed by atoms with Crippen LogP contribution in [0.2, 0.25) is 0 Å². The van der Waals surface area contributed by atoms with Gasteiger partial charge in [-0.15, -0.1) is 0 Å². The Bertz CT molecular complexity index is 74.5. The van der Waals surface area contributed by atoms with Gasteiger partial charge in [0.15, 0.2) is 0 Å². The Kier molecular flexibility index (Phi) is 2.07. The molecule has 0 aromatic carbocycles. The average molecular weight is 112 g/mol. The number of carbonyl (C=O) groups is 1. The topological polar surface area (TPSA) is 17.1 Å². The van der Waals surface area contributed by atoms with Crippen molar-refractivity contribution in [1.29, 1.82) is 0 Å². The molecule has 0 saturated heterocycles. The van der Waals surface area contributed by atoms with E-state index in [1.165, 1.54) is 19.3 Å². The van der Waals surface area contributed by atoms with Crippen LogP contribution >= 0.6 is 0 Å². The molecule has 0 radical (unpaired) electrons. The molecule has 0 spiro atoms. The molecule has 0 unspecified atom stereocenters. The van der Waals surface area contributed by atoms with E-state index in [2.05, 4.69) is 0 Å². The van der Waals surface area contributed by atoms with E-state index >= 15 is 0 Å². The van der Waals surface area contributed by atoms with E-state index in [-0.39, 0.29) is 0 Å². The first-order valence-electron chi connectivity index (χ1n) is 3.37. The molecule has 0 aromatic heterocycles. The monoisotopic (exact) mass is 112 g/mol. The van der Waals surface area contributed by atoms with Gasteiger partial charge in [0.25, 0.3) is 0 Å². The molecule has 0 atom stereocenters. The summed E-state index contributed by atoms with van der Waals surface area (Å²) in [4.78, 5) is 9.81. The van der Waals surface area contributed by atoms with Gasteiger partial charge in [-0.2, -0.15) is 0 Å². The van der Waals surface area contributed by atoms with Crippen LogP contribution in [-0.2, 0) is 4.79 Å². The first kappa shape index (κ1) is 5.80. The molecule has 1 saturated carbocycles. The Labute approximate surface area is 50.1 Å². The summed E-state index contributed by atoms with van der Waals surface area (Å²) in [6, 6.07) is 0. The highest BCUT2D eigenvalue weighted by Gasteiger charge is 2.19. The maximum absolute atomic E-state index is 9.81. The second-order valence-corrected chi connectivity index (χ2v) is 2.54. The molecule has 1 aliphatic rings. The third-order valence-corrected chi connectivity index (χ3v) is 1.63. The van der Waals surface area contributed by atoms with Crippen LogP contribution in [0, 0.1) is 5.92 Å². The van der Waals surface area contributed by atoms with Gasteiger partial charge in [-0.05, 0) is 12.3 Å². The Balaban J connectivity index is 1.80. The van der Waals surface area contributed by atoms with Crippen molar-refractivity contribution in [3.05, 3.63) is 0 Å². The summed E-state index contributed by atoms with van der Waals surface area (Å²) in [5.74, 6) is 0.995. The summed E-state index contributed by atoms with van der Waals surface area (Å²) in [5.41, 5.74) is 0. The van der Waals surface area contributed by atoms with Crippen LogP contribution in [0.15, 0.2) is 0 Å². The van der Waals surface area contributed by atoms with E-state index in [0.717, 1.165) is 25.0 Å². The third kappa shape index (κ3) is 2.10. The predicted octanol–water partition coefficient (Wildman–Crippen LogP) is 1.77. The standard InChI is InChI=1S/C7H12O/c8-6-2-1-3-7-4-5-7/h6-7H,1-5H2. The molecule has 0 N–H and O–H groups in total. The SMILES string of the molecule is O=CCCCC1CC1. The molecule has 1 rings (SSSR count). The molecule has 1 heteroatoms. The third-order valence-electron chi connectivity index (χ3n) is 1.63. The summed E-state index contributed by atoms with van der Waals surface area (Å²) in [6.45, 7) is 0. The Morgan fingerprint density at radius 3 is 2.75 bits per heavy atom. The van der Waals surface area contributed by atoms with Crippen LogP contribution in [0.25, 0.3) is 0 Å². The van der Waals surface area contributed by atoms with E-state index in [9.17, 15) is 4.79 Å². The molecule has 8 heavy (non-hydrogen) atoms. The Morgan fingerprint density at radius 2 is 2.25 bits per heavy atom. The van der Waals surface area contributed by atoms with Gasteiger partial charge in [-0.3, -0.25) is 0 Å². The van der Waals surface area contributed by atoms with E-state index < -0.39 is 0 Å². The van der Waals surface area contributed by atoms with Gasteiger partial charge in [-0.1, -0.05) is 19.3 Å². The molecule has 1 aliphatic carbocycles. The lowest BCUT2D eigenvalue weighted by atomic mass is 10.2. The van der Waals surface area contributed by atoms with Gasteiger partial charge in [0.2, 0.25) is 0 Å². The molecule has 46 valence electrons. The highest BCUT2D eigenvalue weighted by atomic mass is 16.1. The van der Waals surface area contributed by atoms with Crippen molar-refractivity contribution in [2.24, 2.45) is 5.92 Å². The summed E-state index contributed by atoms with van der Waals surface area (Å²) in [6.07, 6.45) is 7.03. The van der Waals surface area contributed by atoms with Crippen LogP contribution in [-0.4, -0.2) is 6.29 Å². The lowest BCUT2D eigenvalue weighted by Gasteiger charge is -1.88. The van der Waals surface area contributed by atoms with Gasteiger partial charge in [-0.25, -0.2) is 0 Å². The lowest BCUT2D eigenvalue weighted by molar-refractivity contribution is -0.107. The van der Waals surface area contributed by atoms with Crippen LogP contribution in [0.1, 0.15) is 32.1 Å². The zero-order valence-corrected chi connectivity index (χ0v) is 5.10. The van der Waals surface area contributed by atoms with Crippen molar-refractivity contribution < 1.29 is 4.79 Å². The molecule has 1 fully saturated rings. The molecule has 0 aromatic rings. The van der Waals surface area contributed by atoms with Gasteiger partial charge in [0.05, 0.1) is 0 Å². The van der Waals surface area contributed by atoms with Gasteiger partial charge < -0.3 is 4.79 Å². The first-order chi connectivity index (χ1) is 3.93. The minimum Gasteiger partial charge on any atom is -0.303 e. The number of hydrogen-bond donors (Lipinski definition) is 0. The molecular weight excluding hydrogens is 100 g/mol. The first-order valence-corrected chi connectivity index (χ1v) is 3.37. The molecule has 0 heterocycles. The smallest absolute Gasteiger partial charge is 0.119 e. The fraction of sp³-hybridized carbons (Fsp3) is 0.857. The highest BCUT2D eigenvalue weighted by molar-refractivity contribution is 5.48. The summed E-state index contributed by atoms with van der Waals surface area (Å²) < 4.78 is 0. The zero-order valence-electron chi connectivity index (χ0n) is 5.10. The maximum atomic E-state index is 9.81. The highest BCUT2D eigenvalue weighted by Crippen LogP contribution is 2.33. The largest absolute Gasteiger partial charge is 0.303 e. The number of aldehydes is 1. The fourth-order valence-electron chi connectivity index (χ4n) is 0.896. The van der Waals surface area contributed by atoms with Crippen molar-refractivity contribution in [3.63, 3.8) is 0 Å². The van der Waals surface area contributed by atoms with Gasteiger partial charge >= 0.3 is 0 Å². The van der Waals surface area contributed by atoms with Crippen LogP contribution in [0.4, 0.5) is 0 Å². The fourth-order valence-corrected chi connectivity index (χ4v) is 0.896. The normalized spacial score (nSPS) is 18.5. The minimum atomic E-state index is 0.774. The molecule has 0 amide bonds. The number of hydrogen-bond acceptors (Lipinski definition) is 1. The van der Waals surface area contributed by atoms with E-state index in [1.54, 1.807) is 0 Å². The van der Waals surface area contributed by atoms with Crippen molar-refractivity contribution >= 4 is 6.29 Å². The van der Waals surface area contributed by atoms with Gasteiger partial charge in [0.1, 0.15) is 6.29 Å². The van der Waals surface area contributed by atoms with E-state index in [4.69, 9.17) is 0 Å². The second kappa shape index (κ2) is 2.85. The quantitative estimate of drug-likeness (QED) is 0.400. The molecular formula is C7H12O. The predicted molar refractivity (Wildman–Crippen MR) is 32.6 cm³/mol. The minimum absolute atomic E-state index is 0.774. The molecule has 0 aliphatic heterocycles. The molecule has 0 bridgehead atoms. The Hall–Kier alpha value is -0.330. The Morgan fingerprint density at radius 1 is 1.50 bits per heavy atom. The van der Waals surface area contributed by atoms with E-state index in [0.29, 0.717) is 0 Å². The van der Waals surface area contributed by atoms with Gasteiger partial charge in [0, 0.05) is 6.42 Å². The van der Waals surface area contributed by atoms with Crippen molar-refractivity contribution in [3.8, 4) is 0 Å². The van der Waals surface area contributed by atoms with Crippen molar-refractivity contribution in [2.75, 3.05) is 0 Å². The average Bonchev–Trinajstić information content (AvgIpc) is 2.51. The lowest BCUT2D eigenvalue weighted by Crippen LogP contribution is -1.78. The zero-order chi connectivity index (χ0) is 5.82. The number of carbonyl (C=O) groups excluding carboxylic acids is 1. The summed E-state index contributed by atoms with van der Waals surface area (Å²) in [5, 5.41) is 0. The van der Waals surface area contributed by atoms with Crippen molar-refractivity contribution in [2.45, 2.75) is 32.1 Å². The van der Waals surface area contributed by atoms with E-state index in [1.807, 2.05) is 0 Å². The summed E-state index contributed by atoms with van der Waals surface area (Å²) >= 11 is 0. The van der Waals surface area contributed by atoms with Crippen LogP contribution in [0.5, 0.6) is 0 Å². The van der Waals surface area contributed by atoms with Crippen LogP contribution in [0.3, 0.4) is 0 Å². The number of rotatable bonds is 4.